The summed E-state index contributed by atoms with van der Waals surface area (Å²) in [6, 6.07) is 4.46. The lowest BCUT2D eigenvalue weighted by molar-refractivity contribution is 0.477. The zero-order valence-electron chi connectivity index (χ0n) is 8.62. The minimum Gasteiger partial charge on any atom is -0.357 e. The van der Waals surface area contributed by atoms with Crippen LogP contribution in [0, 0.1) is 5.92 Å². The molecule has 1 atom stereocenters. The van der Waals surface area contributed by atoms with Gasteiger partial charge in [0.05, 0.1) is 0 Å². The van der Waals surface area contributed by atoms with Crippen LogP contribution in [-0.4, -0.2) is 24.6 Å². The number of nitrogens with two attached hydrogens (primary N) is 1. The number of H-pyrrole nitrogens is 1. The van der Waals surface area contributed by atoms with Gasteiger partial charge in [-0.25, -0.2) is 0 Å². The molecule has 1 rings (SSSR count). The minimum atomic E-state index is 0.402. The number of aromatic amines is 1. The minimum absolute atomic E-state index is 0.402. The number of nitrogens with zero attached hydrogens (tertiary/aromatic N) is 1. The zero-order valence-corrected chi connectivity index (χ0v) is 8.62. The summed E-state index contributed by atoms with van der Waals surface area (Å²) in [5.41, 5.74) is 5.73. The van der Waals surface area contributed by atoms with Crippen molar-refractivity contribution in [2.24, 2.45) is 11.7 Å². The fourth-order valence-electron chi connectivity index (χ4n) is 1.60. The predicted molar refractivity (Wildman–Crippen MR) is 56.9 cm³/mol. The van der Waals surface area contributed by atoms with E-state index in [-0.39, 0.29) is 0 Å². The molecule has 3 nitrogen and oxygen atoms in total. The Morgan fingerprint density at radius 2 is 2.23 bits per heavy atom. The highest BCUT2D eigenvalue weighted by Crippen LogP contribution is 2.15. The number of aromatic nitrogens is 1. The molecule has 3 N–H and O–H groups in total. The summed E-state index contributed by atoms with van der Waals surface area (Å²) in [6.45, 7) is 5.07. The summed E-state index contributed by atoms with van der Waals surface area (Å²) in [7, 11) is 2.07. The van der Waals surface area contributed by atoms with Gasteiger partial charge in [0, 0.05) is 25.8 Å². The van der Waals surface area contributed by atoms with Crippen molar-refractivity contribution in [1.82, 2.24) is 4.98 Å². The van der Waals surface area contributed by atoms with E-state index in [4.69, 9.17) is 5.73 Å². The van der Waals surface area contributed by atoms with Crippen molar-refractivity contribution < 1.29 is 0 Å². The van der Waals surface area contributed by atoms with E-state index in [9.17, 15) is 0 Å². The SMILES string of the molecule is CC(C)C(CN)N(C)c1ccc[nH]1. The van der Waals surface area contributed by atoms with Crippen LogP contribution in [0.3, 0.4) is 0 Å². The van der Waals surface area contributed by atoms with Gasteiger partial charge in [-0.15, -0.1) is 0 Å². The third-order valence-electron chi connectivity index (χ3n) is 2.47. The van der Waals surface area contributed by atoms with E-state index in [0.29, 0.717) is 18.5 Å². The monoisotopic (exact) mass is 181 g/mol. The third-order valence-corrected chi connectivity index (χ3v) is 2.47. The summed E-state index contributed by atoms with van der Waals surface area (Å²) in [6.07, 6.45) is 1.93. The van der Waals surface area contributed by atoms with Gasteiger partial charge in [-0.05, 0) is 18.1 Å². The molecule has 0 bridgehead atoms. The lowest BCUT2D eigenvalue weighted by Crippen LogP contribution is -2.42. The van der Waals surface area contributed by atoms with E-state index in [1.54, 1.807) is 0 Å². The molecule has 3 heteroatoms. The predicted octanol–water partition coefficient (Wildman–Crippen LogP) is 1.43. The third kappa shape index (κ3) is 2.25. The summed E-state index contributed by atoms with van der Waals surface area (Å²) in [5.74, 6) is 1.70. The lowest BCUT2D eigenvalue weighted by Gasteiger charge is -2.30. The summed E-state index contributed by atoms with van der Waals surface area (Å²) < 4.78 is 0. The first-order valence-electron chi connectivity index (χ1n) is 4.73. The molecule has 0 aromatic carbocycles. The fourth-order valence-corrected chi connectivity index (χ4v) is 1.60. The van der Waals surface area contributed by atoms with Gasteiger partial charge in [0.15, 0.2) is 0 Å². The maximum Gasteiger partial charge on any atom is 0.105 e. The van der Waals surface area contributed by atoms with Gasteiger partial charge in [0.1, 0.15) is 5.82 Å². The van der Waals surface area contributed by atoms with Crippen LogP contribution < -0.4 is 10.6 Å². The first kappa shape index (κ1) is 10.1. The zero-order chi connectivity index (χ0) is 9.84. The molecule has 74 valence electrons. The Labute approximate surface area is 79.9 Å². The maximum atomic E-state index is 5.73. The summed E-state index contributed by atoms with van der Waals surface area (Å²) >= 11 is 0. The fraction of sp³-hybridized carbons (Fsp3) is 0.600. The van der Waals surface area contributed by atoms with Crippen LogP contribution >= 0.6 is 0 Å². The van der Waals surface area contributed by atoms with Gasteiger partial charge < -0.3 is 15.6 Å². The normalized spacial score (nSPS) is 13.3. The van der Waals surface area contributed by atoms with E-state index in [2.05, 4.69) is 36.8 Å². The lowest BCUT2D eigenvalue weighted by atomic mass is 10.0. The van der Waals surface area contributed by atoms with Gasteiger partial charge in [-0.3, -0.25) is 0 Å². The van der Waals surface area contributed by atoms with Gasteiger partial charge in [0.2, 0.25) is 0 Å². The van der Waals surface area contributed by atoms with E-state index >= 15 is 0 Å². The second-order valence-electron chi connectivity index (χ2n) is 3.71. The highest BCUT2D eigenvalue weighted by molar-refractivity contribution is 5.39. The standard InChI is InChI=1S/C10H19N3/c1-8(2)9(7-11)13(3)10-5-4-6-12-10/h4-6,8-9,12H,7,11H2,1-3H3. The summed E-state index contributed by atoms with van der Waals surface area (Å²) in [4.78, 5) is 5.38. The van der Waals surface area contributed by atoms with Gasteiger partial charge in [-0.2, -0.15) is 0 Å². The molecule has 0 aliphatic carbocycles. The van der Waals surface area contributed by atoms with Crippen molar-refractivity contribution in [1.29, 1.82) is 0 Å². The Bertz CT molecular complexity index is 228. The molecule has 1 aromatic rings. The van der Waals surface area contributed by atoms with Crippen molar-refractivity contribution >= 4 is 5.82 Å². The van der Waals surface area contributed by atoms with Crippen LogP contribution in [-0.2, 0) is 0 Å². The van der Waals surface area contributed by atoms with Crippen molar-refractivity contribution in [2.75, 3.05) is 18.5 Å². The molecule has 0 fully saturated rings. The van der Waals surface area contributed by atoms with Gasteiger partial charge in [-0.1, -0.05) is 13.8 Å². The van der Waals surface area contributed by atoms with E-state index in [1.165, 1.54) is 0 Å². The van der Waals surface area contributed by atoms with Gasteiger partial charge >= 0.3 is 0 Å². The quantitative estimate of drug-likeness (QED) is 0.738. The van der Waals surface area contributed by atoms with Gasteiger partial charge in [0.25, 0.3) is 0 Å². The molecule has 1 heterocycles. The molecule has 13 heavy (non-hydrogen) atoms. The van der Waals surface area contributed by atoms with Crippen LogP contribution in [0.1, 0.15) is 13.8 Å². The molecule has 1 unspecified atom stereocenters. The highest BCUT2D eigenvalue weighted by atomic mass is 15.2. The number of hydrogen-bond acceptors (Lipinski definition) is 2. The van der Waals surface area contributed by atoms with Crippen molar-refractivity contribution in [3.8, 4) is 0 Å². The molecule has 0 radical (unpaired) electrons. The van der Waals surface area contributed by atoms with E-state index in [0.717, 1.165) is 5.82 Å². The molecule has 0 amide bonds. The second kappa shape index (κ2) is 4.33. The van der Waals surface area contributed by atoms with Crippen LogP contribution in [0.15, 0.2) is 18.3 Å². The van der Waals surface area contributed by atoms with Crippen molar-refractivity contribution in [2.45, 2.75) is 19.9 Å². The number of likely N-dealkylation sites (N-methyl/N-ethyl adjacent to an activating group) is 1. The Morgan fingerprint density at radius 1 is 1.54 bits per heavy atom. The second-order valence-corrected chi connectivity index (χ2v) is 3.71. The number of rotatable bonds is 4. The van der Waals surface area contributed by atoms with Crippen molar-refractivity contribution in [3.63, 3.8) is 0 Å². The van der Waals surface area contributed by atoms with Crippen molar-refractivity contribution in [3.05, 3.63) is 18.3 Å². The first-order valence-corrected chi connectivity index (χ1v) is 4.73. The maximum absolute atomic E-state index is 5.73. The first-order chi connectivity index (χ1) is 6.16. The number of anilines is 1. The average Bonchev–Trinajstić information content (AvgIpc) is 2.56. The van der Waals surface area contributed by atoms with E-state index < -0.39 is 0 Å². The highest BCUT2D eigenvalue weighted by Gasteiger charge is 2.17. The summed E-state index contributed by atoms with van der Waals surface area (Å²) in [5, 5.41) is 0. The van der Waals surface area contributed by atoms with Crippen LogP contribution in [0.2, 0.25) is 0 Å². The largest absolute Gasteiger partial charge is 0.357 e. The Balaban J connectivity index is 2.70. The Hall–Kier alpha value is -0.960. The molecular formula is C10H19N3. The van der Waals surface area contributed by atoms with Crippen LogP contribution in [0.5, 0.6) is 0 Å². The average molecular weight is 181 g/mol. The Kier molecular flexibility index (Phi) is 3.37. The molecule has 0 aliphatic rings. The topological polar surface area (TPSA) is 45.0 Å². The van der Waals surface area contributed by atoms with E-state index in [1.807, 2.05) is 12.3 Å². The molecule has 0 saturated heterocycles. The molecule has 0 spiro atoms. The van der Waals surface area contributed by atoms with Crippen LogP contribution in [0.4, 0.5) is 5.82 Å². The Morgan fingerprint density at radius 3 is 2.62 bits per heavy atom. The molecule has 0 aliphatic heterocycles. The molecule has 0 saturated carbocycles. The molecular weight excluding hydrogens is 162 g/mol. The molecule has 1 aromatic heterocycles. The smallest absolute Gasteiger partial charge is 0.105 e. The number of nitrogens with one attached hydrogen (secondary N) is 1. The van der Waals surface area contributed by atoms with Crippen LogP contribution in [0.25, 0.3) is 0 Å². The number of hydrogen-bond donors (Lipinski definition) is 2.